The Bertz CT molecular complexity index is 673. The molecule has 1 aromatic carbocycles. The number of benzene rings is 1. The number of carboxylic acid groups (broad SMARTS) is 1. The lowest BCUT2D eigenvalue weighted by Crippen LogP contribution is -2.26. The summed E-state index contributed by atoms with van der Waals surface area (Å²) in [6.45, 7) is 1.26. The van der Waals surface area contributed by atoms with Crippen molar-refractivity contribution in [1.82, 2.24) is 4.98 Å². The molecule has 0 saturated heterocycles. The lowest BCUT2D eigenvalue weighted by atomic mass is 10.2. The van der Waals surface area contributed by atoms with E-state index in [9.17, 15) is 14.0 Å². The maximum atomic E-state index is 13.3. The van der Waals surface area contributed by atoms with Gasteiger partial charge in [0.1, 0.15) is 11.4 Å². The van der Waals surface area contributed by atoms with Gasteiger partial charge in [0.15, 0.2) is 5.82 Å². The molecule has 1 N–H and O–H groups in total. The largest absolute Gasteiger partial charge is 0.478 e. The van der Waals surface area contributed by atoms with Crippen LogP contribution < -0.4 is 4.90 Å². The van der Waals surface area contributed by atoms with Crippen molar-refractivity contribution < 1.29 is 19.1 Å². The molecule has 2 rings (SSSR count). The van der Waals surface area contributed by atoms with Crippen LogP contribution in [0.5, 0.6) is 0 Å². The molecule has 0 radical (unpaired) electrons. The first-order chi connectivity index (χ1) is 9.50. The van der Waals surface area contributed by atoms with E-state index in [1.807, 2.05) is 0 Å². The molecule has 5 nitrogen and oxygen atoms in total. The van der Waals surface area contributed by atoms with E-state index in [0.29, 0.717) is 0 Å². The number of hydrogen-bond donors (Lipinski definition) is 1. The van der Waals surface area contributed by atoms with Crippen molar-refractivity contribution >= 4 is 23.4 Å². The highest BCUT2D eigenvalue weighted by Gasteiger charge is 2.22. The second-order valence-corrected chi connectivity index (χ2v) is 4.01. The van der Waals surface area contributed by atoms with Gasteiger partial charge in [-0.1, -0.05) is 6.07 Å². The number of pyridine rings is 1. The van der Waals surface area contributed by atoms with E-state index in [-0.39, 0.29) is 17.1 Å². The third kappa shape index (κ3) is 2.64. The Kier molecular flexibility index (Phi) is 3.74. The molecule has 1 aromatic heterocycles. The van der Waals surface area contributed by atoms with Gasteiger partial charge in [0.05, 0.1) is 5.69 Å². The van der Waals surface area contributed by atoms with Crippen LogP contribution in [0.15, 0.2) is 42.6 Å². The Morgan fingerprint density at radius 3 is 2.60 bits per heavy atom. The van der Waals surface area contributed by atoms with Crippen LogP contribution in [0.25, 0.3) is 0 Å². The van der Waals surface area contributed by atoms with E-state index in [1.165, 1.54) is 43.5 Å². The Morgan fingerprint density at radius 1 is 1.25 bits per heavy atom. The predicted octanol–water partition coefficient (Wildman–Crippen LogP) is 2.60. The van der Waals surface area contributed by atoms with Gasteiger partial charge in [-0.25, -0.2) is 14.2 Å². The Hall–Kier alpha value is -2.76. The molecule has 2 aromatic rings. The van der Waals surface area contributed by atoms with Gasteiger partial charge in [0, 0.05) is 13.1 Å². The summed E-state index contributed by atoms with van der Waals surface area (Å²) in [6, 6.07) is 8.10. The van der Waals surface area contributed by atoms with Gasteiger partial charge in [0.25, 0.3) is 0 Å². The minimum Gasteiger partial charge on any atom is -0.478 e. The fourth-order valence-corrected chi connectivity index (χ4v) is 1.81. The number of rotatable bonds is 3. The molecular weight excluding hydrogens is 263 g/mol. The van der Waals surface area contributed by atoms with Crippen LogP contribution in [0.2, 0.25) is 0 Å². The van der Waals surface area contributed by atoms with Crippen molar-refractivity contribution in [2.45, 2.75) is 6.92 Å². The first-order valence-corrected chi connectivity index (χ1v) is 5.75. The highest BCUT2D eigenvalue weighted by Crippen LogP contribution is 2.27. The van der Waals surface area contributed by atoms with Crippen LogP contribution in [0.1, 0.15) is 17.3 Å². The van der Waals surface area contributed by atoms with E-state index in [4.69, 9.17) is 5.11 Å². The molecule has 1 amide bonds. The SMILES string of the molecule is CC(=O)N(c1cccc(F)c1)c1ncccc1C(=O)O. The van der Waals surface area contributed by atoms with Gasteiger partial charge in [-0.2, -0.15) is 0 Å². The zero-order chi connectivity index (χ0) is 14.7. The lowest BCUT2D eigenvalue weighted by Gasteiger charge is -2.21. The molecule has 0 atom stereocenters. The highest BCUT2D eigenvalue weighted by molar-refractivity contribution is 6.04. The third-order valence-electron chi connectivity index (χ3n) is 2.61. The number of hydrogen-bond acceptors (Lipinski definition) is 3. The lowest BCUT2D eigenvalue weighted by molar-refractivity contribution is -0.115. The number of carboxylic acids is 1. The number of aromatic nitrogens is 1. The second-order valence-electron chi connectivity index (χ2n) is 4.01. The number of amides is 1. The summed E-state index contributed by atoms with van der Waals surface area (Å²) < 4.78 is 13.3. The Labute approximate surface area is 114 Å². The van der Waals surface area contributed by atoms with Crippen LogP contribution in [0.4, 0.5) is 15.9 Å². The monoisotopic (exact) mass is 274 g/mol. The number of aromatic carboxylic acids is 1. The average molecular weight is 274 g/mol. The molecule has 0 spiro atoms. The van der Waals surface area contributed by atoms with E-state index in [1.54, 1.807) is 0 Å². The standard InChI is InChI=1S/C14H11FN2O3/c1-9(18)17(11-5-2-4-10(15)8-11)13-12(14(19)20)6-3-7-16-13/h2-8H,1H3,(H,19,20). The van der Waals surface area contributed by atoms with Gasteiger partial charge in [-0.3, -0.25) is 9.69 Å². The van der Waals surface area contributed by atoms with Crippen LogP contribution in [-0.2, 0) is 4.79 Å². The molecular formula is C14H11FN2O3. The summed E-state index contributed by atoms with van der Waals surface area (Å²) >= 11 is 0. The number of nitrogens with zero attached hydrogens (tertiary/aromatic N) is 2. The topological polar surface area (TPSA) is 70.5 Å². The van der Waals surface area contributed by atoms with Crippen molar-refractivity contribution in [2.24, 2.45) is 0 Å². The normalized spacial score (nSPS) is 10.1. The minimum absolute atomic E-state index is 0.0434. The summed E-state index contributed by atoms with van der Waals surface area (Å²) in [5.41, 5.74) is 0.0886. The van der Waals surface area contributed by atoms with Crippen LogP contribution >= 0.6 is 0 Å². The molecule has 0 saturated carbocycles. The molecule has 6 heteroatoms. The highest BCUT2D eigenvalue weighted by atomic mass is 19.1. The minimum atomic E-state index is -1.21. The van der Waals surface area contributed by atoms with E-state index in [0.717, 1.165) is 11.0 Å². The predicted molar refractivity (Wildman–Crippen MR) is 70.4 cm³/mol. The fraction of sp³-hybridized carbons (Fsp3) is 0.0714. The van der Waals surface area contributed by atoms with Gasteiger partial charge in [0.2, 0.25) is 5.91 Å². The average Bonchev–Trinajstić information content (AvgIpc) is 2.39. The molecule has 102 valence electrons. The van der Waals surface area contributed by atoms with Crippen LogP contribution in [0.3, 0.4) is 0 Å². The van der Waals surface area contributed by atoms with Gasteiger partial charge < -0.3 is 5.11 Å². The van der Waals surface area contributed by atoms with Crippen LogP contribution in [-0.4, -0.2) is 22.0 Å². The van der Waals surface area contributed by atoms with Gasteiger partial charge >= 0.3 is 5.97 Å². The van der Waals surface area contributed by atoms with Gasteiger partial charge in [-0.15, -0.1) is 0 Å². The first kappa shape index (κ1) is 13.7. The molecule has 1 heterocycles. The molecule has 0 aliphatic carbocycles. The quantitative estimate of drug-likeness (QED) is 0.933. The zero-order valence-electron chi connectivity index (χ0n) is 10.6. The van der Waals surface area contributed by atoms with Crippen molar-refractivity contribution in [3.05, 3.63) is 54.0 Å². The van der Waals surface area contributed by atoms with E-state index < -0.39 is 17.7 Å². The van der Waals surface area contributed by atoms with Crippen molar-refractivity contribution in [1.29, 1.82) is 0 Å². The molecule has 0 aliphatic rings. The smallest absolute Gasteiger partial charge is 0.339 e. The summed E-state index contributed by atoms with van der Waals surface area (Å²) in [7, 11) is 0. The number of anilines is 2. The third-order valence-corrected chi connectivity index (χ3v) is 2.61. The number of carbonyl (C=O) groups excluding carboxylic acids is 1. The maximum absolute atomic E-state index is 13.3. The number of halogens is 1. The first-order valence-electron chi connectivity index (χ1n) is 5.75. The Morgan fingerprint density at radius 2 is 2.00 bits per heavy atom. The summed E-state index contributed by atoms with van der Waals surface area (Å²) in [4.78, 5) is 28.0. The molecule has 0 aliphatic heterocycles. The van der Waals surface area contributed by atoms with Crippen molar-refractivity contribution in [2.75, 3.05) is 4.90 Å². The molecule has 0 bridgehead atoms. The van der Waals surface area contributed by atoms with Crippen molar-refractivity contribution in [3.63, 3.8) is 0 Å². The van der Waals surface area contributed by atoms with Crippen LogP contribution in [0, 0.1) is 5.82 Å². The summed E-state index contributed by atoms with van der Waals surface area (Å²) in [5.74, 6) is -2.24. The van der Waals surface area contributed by atoms with Gasteiger partial charge in [-0.05, 0) is 30.3 Å². The van der Waals surface area contributed by atoms with E-state index >= 15 is 0 Å². The summed E-state index contributed by atoms with van der Waals surface area (Å²) in [6.07, 6.45) is 1.37. The number of carbonyl (C=O) groups is 2. The maximum Gasteiger partial charge on any atom is 0.339 e. The molecule has 0 unspecified atom stereocenters. The Balaban J connectivity index is 2.61. The molecule has 20 heavy (non-hydrogen) atoms. The van der Waals surface area contributed by atoms with Crippen molar-refractivity contribution in [3.8, 4) is 0 Å². The summed E-state index contributed by atoms with van der Waals surface area (Å²) in [5, 5.41) is 9.15. The zero-order valence-corrected chi connectivity index (χ0v) is 10.6. The van der Waals surface area contributed by atoms with E-state index in [2.05, 4.69) is 4.98 Å². The second kappa shape index (κ2) is 5.48. The fourth-order valence-electron chi connectivity index (χ4n) is 1.81. The molecule has 0 fully saturated rings.